The van der Waals surface area contributed by atoms with Gasteiger partial charge in [-0.2, -0.15) is 0 Å². The van der Waals surface area contributed by atoms with Crippen LogP contribution in [0.5, 0.6) is 0 Å². The molecule has 1 saturated heterocycles. The van der Waals surface area contributed by atoms with E-state index in [1.807, 2.05) is 19.1 Å². The Morgan fingerprint density at radius 2 is 1.82 bits per heavy atom. The number of halogens is 1. The molecule has 0 saturated carbocycles. The van der Waals surface area contributed by atoms with Crippen molar-refractivity contribution in [2.24, 2.45) is 0 Å². The minimum atomic E-state index is -1.36. The third-order valence-corrected chi connectivity index (χ3v) is 5.87. The topological polar surface area (TPSA) is 69.7 Å². The predicted octanol–water partition coefficient (Wildman–Crippen LogP) is 3.13. The van der Waals surface area contributed by atoms with Crippen molar-refractivity contribution in [3.05, 3.63) is 64.7 Å². The first-order chi connectivity index (χ1) is 13.4. The van der Waals surface area contributed by atoms with Gasteiger partial charge >= 0.3 is 0 Å². The van der Waals surface area contributed by atoms with Gasteiger partial charge < -0.3 is 10.2 Å². The number of hydrogen-bond acceptors (Lipinski definition) is 3. The molecule has 2 aromatic rings. The second kappa shape index (κ2) is 6.63. The molecule has 144 valence electrons. The lowest BCUT2D eigenvalue weighted by atomic mass is 9.95. The summed E-state index contributed by atoms with van der Waals surface area (Å²) in [5.74, 6) is -0.803. The van der Waals surface area contributed by atoms with Crippen molar-refractivity contribution < 1.29 is 14.4 Å². The molecule has 0 aromatic heterocycles. The van der Waals surface area contributed by atoms with Crippen molar-refractivity contribution in [1.29, 1.82) is 0 Å². The van der Waals surface area contributed by atoms with E-state index in [1.54, 1.807) is 43.4 Å². The minimum Gasteiger partial charge on any atom is -0.346 e. The first kappa shape index (κ1) is 18.5. The second-order valence-electron chi connectivity index (χ2n) is 7.17. The fraction of sp³-hybridized carbons (Fsp3) is 0.286. The van der Waals surface area contributed by atoms with Crippen LogP contribution in [-0.4, -0.2) is 35.3 Å². The molecule has 2 aliphatic heterocycles. The average molecular weight is 398 g/mol. The number of carbonyl (C=O) groups is 3. The SMILES string of the molecule is C[C@@H](NC(=O)[C@]12CCC(=O)N1c1ccccc1C(=O)N2C)c1ccc(Cl)cc1. The van der Waals surface area contributed by atoms with Crippen molar-refractivity contribution in [3.8, 4) is 0 Å². The first-order valence-corrected chi connectivity index (χ1v) is 9.51. The molecule has 2 atom stereocenters. The largest absolute Gasteiger partial charge is 0.346 e. The van der Waals surface area contributed by atoms with E-state index in [-0.39, 0.29) is 36.6 Å². The molecule has 7 heteroatoms. The highest BCUT2D eigenvalue weighted by molar-refractivity contribution is 6.30. The zero-order valence-electron chi connectivity index (χ0n) is 15.6. The molecule has 1 fully saturated rings. The second-order valence-corrected chi connectivity index (χ2v) is 7.61. The number of hydrogen-bond donors (Lipinski definition) is 1. The van der Waals surface area contributed by atoms with Crippen LogP contribution < -0.4 is 10.2 Å². The fourth-order valence-corrected chi connectivity index (χ4v) is 4.20. The molecule has 1 N–H and O–H groups in total. The molecule has 0 spiro atoms. The molecule has 2 aliphatic rings. The van der Waals surface area contributed by atoms with Gasteiger partial charge in [0.05, 0.1) is 17.3 Å². The summed E-state index contributed by atoms with van der Waals surface area (Å²) in [6, 6.07) is 13.8. The third kappa shape index (κ3) is 2.59. The minimum absolute atomic E-state index is 0.166. The predicted molar refractivity (Wildman–Crippen MR) is 106 cm³/mol. The van der Waals surface area contributed by atoms with E-state index in [1.165, 1.54) is 9.80 Å². The van der Waals surface area contributed by atoms with Crippen LogP contribution in [0.15, 0.2) is 48.5 Å². The van der Waals surface area contributed by atoms with Crippen molar-refractivity contribution in [3.63, 3.8) is 0 Å². The lowest BCUT2D eigenvalue weighted by molar-refractivity contribution is -0.133. The molecule has 0 radical (unpaired) electrons. The standard InChI is InChI=1S/C21H20ClN3O3/c1-13(14-7-9-15(22)10-8-14)23-20(28)21-12-11-18(26)25(21)17-6-4-3-5-16(17)19(27)24(21)2/h3-10,13H,11-12H2,1-2H3,(H,23,28)/t13-,21+/m1/s1. The molecular weight excluding hydrogens is 378 g/mol. The van der Waals surface area contributed by atoms with Gasteiger partial charge in [0.25, 0.3) is 11.8 Å². The zero-order chi connectivity index (χ0) is 20.1. The van der Waals surface area contributed by atoms with Gasteiger partial charge in [0.2, 0.25) is 11.6 Å². The zero-order valence-corrected chi connectivity index (χ0v) is 16.4. The van der Waals surface area contributed by atoms with Crippen molar-refractivity contribution in [2.45, 2.75) is 31.5 Å². The van der Waals surface area contributed by atoms with Gasteiger partial charge in [0.1, 0.15) is 0 Å². The van der Waals surface area contributed by atoms with E-state index in [4.69, 9.17) is 11.6 Å². The summed E-state index contributed by atoms with van der Waals surface area (Å²) >= 11 is 5.94. The normalized spacial score (nSPS) is 22.0. The summed E-state index contributed by atoms with van der Waals surface area (Å²) in [4.78, 5) is 42.0. The number of nitrogens with one attached hydrogen (secondary N) is 1. The Hall–Kier alpha value is -2.86. The number of fused-ring (bicyclic) bond motifs is 3. The molecule has 2 aromatic carbocycles. The fourth-order valence-electron chi connectivity index (χ4n) is 4.08. The van der Waals surface area contributed by atoms with Crippen molar-refractivity contribution >= 4 is 35.0 Å². The van der Waals surface area contributed by atoms with Crippen molar-refractivity contribution in [1.82, 2.24) is 10.2 Å². The number of nitrogens with zero attached hydrogens (tertiary/aromatic N) is 2. The average Bonchev–Trinajstić information content (AvgIpc) is 3.05. The number of anilines is 1. The van der Waals surface area contributed by atoms with Gasteiger partial charge in [-0.1, -0.05) is 35.9 Å². The molecule has 6 nitrogen and oxygen atoms in total. The van der Waals surface area contributed by atoms with E-state index in [0.717, 1.165) is 5.56 Å². The van der Waals surface area contributed by atoms with Crippen LogP contribution in [0.1, 0.15) is 41.7 Å². The van der Waals surface area contributed by atoms with Crippen molar-refractivity contribution in [2.75, 3.05) is 11.9 Å². The number of likely N-dealkylation sites (N-methyl/N-ethyl adjacent to an activating group) is 1. The van der Waals surface area contributed by atoms with E-state index < -0.39 is 5.66 Å². The molecule has 28 heavy (non-hydrogen) atoms. The number of carbonyl (C=O) groups excluding carboxylic acids is 3. The summed E-state index contributed by atoms with van der Waals surface area (Å²) in [5.41, 5.74) is 0.440. The maximum atomic E-state index is 13.4. The van der Waals surface area contributed by atoms with E-state index in [9.17, 15) is 14.4 Å². The van der Waals surface area contributed by atoms with Crippen LogP contribution in [0.25, 0.3) is 0 Å². The lowest BCUT2D eigenvalue weighted by Gasteiger charge is -2.47. The van der Waals surface area contributed by atoms with Crippen LogP contribution in [0.3, 0.4) is 0 Å². The number of benzene rings is 2. The highest BCUT2D eigenvalue weighted by Crippen LogP contribution is 2.44. The molecule has 3 amide bonds. The van der Waals surface area contributed by atoms with E-state index >= 15 is 0 Å². The highest BCUT2D eigenvalue weighted by atomic mass is 35.5. The molecule has 0 bridgehead atoms. The van der Waals surface area contributed by atoms with Crippen LogP contribution in [0, 0.1) is 0 Å². The smallest absolute Gasteiger partial charge is 0.267 e. The summed E-state index contributed by atoms with van der Waals surface area (Å²) in [7, 11) is 1.58. The summed E-state index contributed by atoms with van der Waals surface area (Å²) < 4.78 is 0. The molecular formula is C21H20ClN3O3. The highest BCUT2D eigenvalue weighted by Gasteiger charge is 2.59. The number of amides is 3. The summed E-state index contributed by atoms with van der Waals surface area (Å²) in [6.07, 6.45) is 0.455. The number of para-hydroxylation sites is 1. The van der Waals surface area contributed by atoms with Gasteiger partial charge in [0.15, 0.2) is 0 Å². The van der Waals surface area contributed by atoms with Crippen LogP contribution >= 0.6 is 11.6 Å². The van der Waals surface area contributed by atoms with Gasteiger partial charge in [-0.05, 0) is 36.8 Å². The van der Waals surface area contributed by atoms with Crippen LogP contribution in [-0.2, 0) is 9.59 Å². The summed E-state index contributed by atoms with van der Waals surface area (Å²) in [5, 5.41) is 3.59. The molecule has 0 unspecified atom stereocenters. The van der Waals surface area contributed by atoms with Gasteiger partial charge in [-0.15, -0.1) is 0 Å². The number of rotatable bonds is 3. The Bertz CT molecular complexity index is 975. The van der Waals surface area contributed by atoms with Gasteiger partial charge in [-0.3, -0.25) is 19.3 Å². The quantitative estimate of drug-likeness (QED) is 0.865. The van der Waals surface area contributed by atoms with E-state index in [2.05, 4.69) is 5.32 Å². The monoisotopic (exact) mass is 397 g/mol. The maximum absolute atomic E-state index is 13.4. The Labute approximate surface area is 168 Å². The maximum Gasteiger partial charge on any atom is 0.267 e. The van der Waals surface area contributed by atoms with Crippen LogP contribution in [0.2, 0.25) is 5.02 Å². The third-order valence-electron chi connectivity index (χ3n) is 5.62. The Balaban J connectivity index is 1.72. The molecule has 2 heterocycles. The lowest BCUT2D eigenvalue weighted by Crippen LogP contribution is -2.69. The Morgan fingerprint density at radius 1 is 1.14 bits per heavy atom. The summed E-state index contributed by atoms with van der Waals surface area (Å²) in [6.45, 7) is 1.86. The first-order valence-electron chi connectivity index (χ1n) is 9.13. The molecule has 0 aliphatic carbocycles. The molecule has 4 rings (SSSR count). The van der Waals surface area contributed by atoms with Gasteiger partial charge in [-0.25, -0.2) is 0 Å². The Morgan fingerprint density at radius 3 is 2.54 bits per heavy atom. The Kier molecular flexibility index (Phi) is 4.38. The van der Waals surface area contributed by atoms with Crippen LogP contribution in [0.4, 0.5) is 5.69 Å². The van der Waals surface area contributed by atoms with E-state index in [0.29, 0.717) is 16.3 Å². The van der Waals surface area contributed by atoms with Gasteiger partial charge in [0, 0.05) is 24.9 Å².